The van der Waals surface area contributed by atoms with Crippen LogP contribution < -0.4 is 10.6 Å². The molecule has 3 saturated heterocycles. The van der Waals surface area contributed by atoms with E-state index in [0.29, 0.717) is 41.4 Å². The quantitative estimate of drug-likeness (QED) is 0.651. The first kappa shape index (κ1) is 23.0. The highest BCUT2D eigenvalue weighted by Gasteiger charge is 2.49. The summed E-state index contributed by atoms with van der Waals surface area (Å²) < 4.78 is 15.0. The third kappa shape index (κ3) is 4.15. The summed E-state index contributed by atoms with van der Waals surface area (Å²) in [7, 11) is 1.85. The Morgan fingerprint density at radius 1 is 1.21 bits per heavy atom. The maximum Gasteiger partial charge on any atom is 0.230 e. The molecule has 3 heterocycles. The number of piperazine rings is 1. The fraction of sp³-hybridized carbons (Fsp3) is 0.708. The topological polar surface area (TPSA) is 67.7 Å². The molecular formula is C24H34ClFN5O2+. The van der Waals surface area contributed by atoms with E-state index < -0.39 is 0 Å². The number of nitroso groups, excluding NO2 is 1. The minimum Gasteiger partial charge on any atom is -0.323 e. The second kappa shape index (κ2) is 8.78. The first-order chi connectivity index (χ1) is 15.7. The standard InChI is InChI=1S/C24H34ClFN5O2/c1-13-14(2)27-23-22(20-7-5-17(25)9-21(20)26)28-18(12-30(23)24(13)32)8-15-4-6-19(15)16-10-29(3)31(33)11-16/h5,7,9,13-16,18-19,22-23,27-28H,4,6,8,10-12H2,1-3H3/q+1. The van der Waals surface area contributed by atoms with Gasteiger partial charge in [0.15, 0.2) is 0 Å². The molecule has 7 nitrogen and oxygen atoms in total. The van der Waals surface area contributed by atoms with E-state index >= 15 is 0 Å². The summed E-state index contributed by atoms with van der Waals surface area (Å²) in [6.07, 6.45) is 2.92. The highest BCUT2D eigenvalue weighted by Crippen LogP contribution is 2.45. The van der Waals surface area contributed by atoms with Crippen molar-refractivity contribution in [2.45, 2.75) is 57.4 Å². The van der Waals surface area contributed by atoms with Crippen LogP contribution >= 0.6 is 11.6 Å². The number of carbonyl (C=O) groups excluding carboxylic acids is 1. The molecule has 1 aliphatic carbocycles. The number of benzene rings is 1. The van der Waals surface area contributed by atoms with Gasteiger partial charge >= 0.3 is 0 Å². The summed E-state index contributed by atoms with van der Waals surface area (Å²) in [5, 5.41) is 9.37. The third-order valence-corrected chi connectivity index (χ3v) is 8.81. The molecule has 1 amide bonds. The molecule has 180 valence electrons. The summed E-state index contributed by atoms with van der Waals surface area (Å²) in [6, 6.07) is 4.51. The van der Waals surface area contributed by atoms with Gasteiger partial charge in [-0.3, -0.25) is 10.1 Å². The molecule has 4 aliphatic rings. The molecule has 0 bridgehead atoms. The SMILES string of the molecule is CC1NC2C(c3ccc(Cl)cc3F)NC(CC3CCC3C3CN(C)[N+](=O)C3)CN2C(=O)C1C. The van der Waals surface area contributed by atoms with Crippen LogP contribution in [0.2, 0.25) is 5.02 Å². The van der Waals surface area contributed by atoms with Gasteiger partial charge < -0.3 is 10.2 Å². The first-order valence-electron chi connectivity index (χ1n) is 12.2. The van der Waals surface area contributed by atoms with Gasteiger partial charge in [-0.05, 0) is 50.2 Å². The van der Waals surface area contributed by atoms with E-state index in [1.54, 1.807) is 17.1 Å². The monoisotopic (exact) mass is 478 g/mol. The van der Waals surface area contributed by atoms with E-state index in [9.17, 15) is 14.1 Å². The molecule has 33 heavy (non-hydrogen) atoms. The van der Waals surface area contributed by atoms with Crippen molar-refractivity contribution in [3.8, 4) is 0 Å². The van der Waals surface area contributed by atoms with Crippen molar-refractivity contribution in [3.63, 3.8) is 0 Å². The lowest BCUT2D eigenvalue weighted by Gasteiger charge is -2.52. The molecule has 2 N–H and O–H groups in total. The smallest absolute Gasteiger partial charge is 0.230 e. The fourth-order valence-corrected chi connectivity index (χ4v) is 6.52. The number of hydrogen-bond donors (Lipinski definition) is 2. The molecule has 1 aromatic rings. The second-order valence-corrected chi connectivity index (χ2v) is 11.0. The van der Waals surface area contributed by atoms with Crippen LogP contribution in [0.5, 0.6) is 0 Å². The molecule has 4 fully saturated rings. The van der Waals surface area contributed by atoms with Crippen LogP contribution in [-0.4, -0.2) is 65.6 Å². The highest BCUT2D eigenvalue weighted by molar-refractivity contribution is 6.30. The molecule has 5 rings (SSSR count). The second-order valence-electron chi connectivity index (χ2n) is 10.6. The van der Waals surface area contributed by atoms with Gasteiger partial charge in [-0.15, -0.1) is 5.01 Å². The fourth-order valence-electron chi connectivity index (χ4n) is 6.36. The van der Waals surface area contributed by atoms with Crippen molar-refractivity contribution in [1.29, 1.82) is 0 Å². The Hall–Kier alpha value is -1.77. The molecule has 1 aromatic carbocycles. The molecule has 8 unspecified atom stereocenters. The van der Waals surface area contributed by atoms with Crippen LogP contribution in [0.3, 0.4) is 0 Å². The van der Waals surface area contributed by atoms with Gasteiger partial charge in [0.2, 0.25) is 12.5 Å². The Kier molecular flexibility index (Phi) is 6.12. The number of fused-ring (bicyclic) bond motifs is 1. The summed E-state index contributed by atoms with van der Waals surface area (Å²) in [5.41, 5.74) is 0.533. The normalized spacial score (nSPS) is 38.9. The van der Waals surface area contributed by atoms with Crippen molar-refractivity contribution in [2.24, 2.45) is 23.7 Å². The van der Waals surface area contributed by atoms with Crippen LogP contribution in [0.1, 0.15) is 44.7 Å². The van der Waals surface area contributed by atoms with Crippen LogP contribution in [0.4, 0.5) is 4.39 Å². The number of hydrazine groups is 1. The lowest BCUT2D eigenvalue weighted by Crippen LogP contribution is -2.71. The predicted octanol–water partition coefficient (Wildman–Crippen LogP) is 2.95. The largest absolute Gasteiger partial charge is 0.323 e. The van der Waals surface area contributed by atoms with Crippen LogP contribution in [0, 0.1) is 34.4 Å². The molecule has 3 aliphatic heterocycles. The zero-order valence-electron chi connectivity index (χ0n) is 19.5. The van der Waals surface area contributed by atoms with Crippen molar-refractivity contribution in [2.75, 3.05) is 26.7 Å². The maximum absolute atomic E-state index is 15.0. The van der Waals surface area contributed by atoms with Gasteiger partial charge in [0.1, 0.15) is 16.9 Å². The Morgan fingerprint density at radius 3 is 2.64 bits per heavy atom. The summed E-state index contributed by atoms with van der Waals surface area (Å²) in [5.74, 6) is 1.10. The van der Waals surface area contributed by atoms with E-state index in [0.717, 1.165) is 30.7 Å². The molecule has 0 radical (unpaired) electrons. The summed E-state index contributed by atoms with van der Waals surface area (Å²) >= 11 is 6.01. The molecule has 0 aromatic heterocycles. The Balaban J connectivity index is 1.37. The van der Waals surface area contributed by atoms with Crippen molar-refractivity contribution < 1.29 is 14.1 Å². The number of halogens is 2. The molecular weight excluding hydrogens is 445 g/mol. The van der Waals surface area contributed by atoms with E-state index in [1.807, 2.05) is 25.8 Å². The summed E-state index contributed by atoms with van der Waals surface area (Å²) in [4.78, 5) is 28.2. The van der Waals surface area contributed by atoms with Gasteiger partial charge in [-0.25, -0.2) is 4.39 Å². The minimum absolute atomic E-state index is 0.0142. The number of nitrogens with one attached hydrogen (secondary N) is 2. The lowest BCUT2D eigenvalue weighted by atomic mass is 9.64. The number of rotatable bonds is 4. The van der Waals surface area contributed by atoms with Gasteiger partial charge in [-0.1, -0.05) is 24.6 Å². The third-order valence-electron chi connectivity index (χ3n) is 8.58. The van der Waals surface area contributed by atoms with Gasteiger partial charge in [0, 0.05) is 29.2 Å². The average Bonchev–Trinajstić information content (AvgIpc) is 3.07. The van der Waals surface area contributed by atoms with Crippen molar-refractivity contribution in [1.82, 2.24) is 20.5 Å². The van der Waals surface area contributed by atoms with Gasteiger partial charge in [0.05, 0.1) is 36.4 Å². The van der Waals surface area contributed by atoms with E-state index in [4.69, 9.17) is 11.6 Å². The number of hydrogen-bond acceptors (Lipinski definition) is 4. The molecule has 9 heteroatoms. The number of amides is 1. The van der Waals surface area contributed by atoms with E-state index in [2.05, 4.69) is 10.6 Å². The van der Waals surface area contributed by atoms with Crippen molar-refractivity contribution in [3.05, 3.63) is 39.5 Å². The zero-order chi connectivity index (χ0) is 23.4. The summed E-state index contributed by atoms with van der Waals surface area (Å²) in [6.45, 7) is 5.96. The Labute approximate surface area is 199 Å². The minimum atomic E-state index is -0.354. The van der Waals surface area contributed by atoms with Crippen LogP contribution in [-0.2, 0) is 4.79 Å². The average molecular weight is 479 g/mol. The molecule has 0 spiro atoms. The van der Waals surface area contributed by atoms with Crippen LogP contribution in [0.15, 0.2) is 18.2 Å². The van der Waals surface area contributed by atoms with Crippen LogP contribution in [0.25, 0.3) is 0 Å². The Bertz CT molecular complexity index is 947. The number of nitrogens with zero attached hydrogens (tertiary/aromatic N) is 3. The van der Waals surface area contributed by atoms with Gasteiger partial charge in [0.25, 0.3) is 0 Å². The van der Waals surface area contributed by atoms with Crippen molar-refractivity contribution >= 4 is 17.5 Å². The highest BCUT2D eigenvalue weighted by atomic mass is 35.5. The lowest BCUT2D eigenvalue weighted by molar-refractivity contribution is -0.680. The Morgan fingerprint density at radius 2 is 2.00 bits per heavy atom. The predicted molar refractivity (Wildman–Crippen MR) is 124 cm³/mol. The zero-order valence-corrected chi connectivity index (χ0v) is 20.3. The first-order valence-corrected chi connectivity index (χ1v) is 12.5. The molecule has 8 atom stereocenters. The van der Waals surface area contributed by atoms with E-state index in [-0.39, 0.29) is 41.9 Å². The molecule has 1 saturated carbocycles. The van der Waals surface area contributed by atoms with E-state index in [1.165, 1.54) is 6.07 Å². The van der Waals surface area contributed by atoms with Gasteiger partial charge in [-0.2, -0.15) is 0 Å². The maximum atomic E-state index is 15.0. The number of carbonyl (C=O) groups is 1.